The lowest BCUT2D eigenvalue weighted by atomic mass is 10.0. The molecule has 0 spiro atoms. The van der Waals surface area contributed by atoms with Gasteiger partial charge in [0.1, 0.15) is 0 Å². The van der Waals surface area contributed by atoms with Crippen LogP contribution in [0, 0.1) is 0 Å². The summed E-state index contributed by atoms with van der Waals surface area (Å²) in [5, 5.41) is 25.1. The summed E-state index contributed by atoms with van der Waals surface area (Å²) in [6.07, 6.45) is 2.54. The largest absolute Gasteiger partial charge is 0.494 e. The second-order valence-corrected chi connectivity index (χ2v) is 9.20. The van der Waals surface area contributed by atoms with Crippen LogP contribution < -0.4 is 0 Å². The van der Waals surface area contributed by atoms with Gasteiger partial charge in [0.05, 0.1) is 28.0 Å². The molecule has 0 amide bonds. The Morgan fingerprint density at radius 1 is 1.06 bits per heavy atom. The summed E-state index contributed by atoms with van der Waals surface area (Å²) in [6.45, 7) is 3.26. The Morgan fingerprint density at radius 2 is 1.82 bits per heavy atom. The van der Waals surface area contributed by atoms with Crippen LogP contribution in [0.5, 0.6) is 5.88 Å². The second kappa shape index (κ2) is 8.84. The molecular formula is C26H25N3O3S. The normalized spacial score (nSPS) is 14.9. The molecule has 1 fully saturated rings. The van der Waals surface area contributed by atoms with E-state index in [-0.39, 0.29) is 11.4 Å². The fourth-order valence-corrected chi connectivity index (χ4v) is 5.11. The maximum Gasteiger partial charge on any atom is 0.335 e. The number of aliphatic imine (C=N–C) groups is 1. The monoisotopic (exact) mass is 459 g/mol. The van der Waals surface area contributed by atoms with Crippen LogP contribution in [0.25, 0.3) is 10.9 Å². The molecule has 0 bridgehead atoms. The molecule has 0 unspecified atom stereocenters. The van der Waals surface area contributed by atoms with Gasteiger partial charge in [0, 0.05) is 29.9 Å². The first-order valence-corrected chi connectivity index (χ1v) is 11.9. The van der Waals surface area contributed by atoms with Gasteiger partial charge in [-0.1, -0.05) is 12.1 Å². The van der Waals surface area contributed by atoms with Crippen LogP contribution in [0.3, 0.4) is 0 Å². The summed E-state index contributed by atoms with van der Waals surface area (Å²) in [4.78, 5) is 19.0. The highest BCUT2D eigenvalue weighted by Gasteiger charge is 2.22. The number of aromatic carboxylic acids is 1. The number of hydrogen-bond donors (Lipinski definition) is 2. The van der Waals surface area contributed by atoms with Crippen molar-refractivity contribution in [3.8, 4) is 5.88 Å². The zero-order valence-corrected chi connectivity index (χ0v) is 19.2. The predicted molar refractivity (Wildman–Crippen MR) is 132 cm³/mol. The maximum atomic E-state index is 11.6. The van der Waals surface area contributed by atoms with Gasteiger partial charge in [0.2, 0.25) is 5.88 Å². The van der Waals surface area contributed by atoms with E-state index in [1.54, 1.807) is 41.2 Å². The SMILES string of the molecule is Cn1c(O)c(C(=Nc2ccc(CN3CCCC3)cc2)c2ccsc2)c2cc(C(=O)O)ccc21. The standard InChI is InChI=1S/C26H25N3O3S/c1-28-22-9-6-18(26(31)32)14-21(22)23(25(28)30)24(19-10-13-33-16-19)27-20-7-4-17(5-8-20)15-29-11-2-3-12-29/h4-10,13-14,16,30H,2-3,11-12,15H2,1H3,(H,31,32). The van der Waals surface area contributed by atoms with E-state index < -0.39 is 5.97 Å². The topological polar surface area (TPSA) is 78.1 Å². The molecule has 0 radical (unpaired) electrons. The molecule has 1 aliphatic heterocycles. The Balaban J connectivity index is 1.60. The molecule has 33 heavy (non-hydrogen) atoms. The maximum absolute atomic E-state index is 11.6. The minimum atomic E-state index is -1.01. The van der Waals surface area contributed by atoms with Crippen molar-refractivity contribution in [1.29, 1.82) is 0 Å². The summed E-state index contributed by atoms with van der Waals surface area (Å²) in [5.41, 5.74) is 5.00. The van der Waals surface area contributed by atoms with Crippen molar-refractivity contribution >= 4 is 39.6 Å². The van der Waals surface area contributed by atoms with Gasteiger partial charge in [-0.25, -0.2) is 9.79 Å². The number of benzene rings is 2. The lowest BCUT2D eigenvalue weighted by Crippen LogP contribution is -2.18. The van der Waals surface area contributed by atoms with Crippen LogP contribution in [0.15, 0.2) is 64.3 Å². The predicted octanol–water partition coefficient (Wildman–Crippen LogP) is 5.41. The van der Waals surface area contributed by atoms with Crippen molar-refractivity contribution in [2.45, 2.75) is 19.4 Å². The Morgan fingerprint density at radius 3 is 2.48 bits per heavy atom. The molecule has 2 aromatic carbocycles. The molecule has 3 heterocycles. The molecule has 6 nitrogen and oxygen atoms in total. The minimum Gasteiger partial charge on any atom is -0.494 e. The van der Waals surface area contributed by atoms with Crippen LogP contribution in [0.1, 0.15) is 39.9 Å². The molecule has 0 atom stereocenters. The minimum absolute atomic E-state index is 0.0585. The Hall–Kier alpha value is -3.42. The van der Waals surface area contributed by atoms with Crippen LogP contribution in [-0.4, -0.2) is 44.5 Å². The second-order valence-electron chi connectivity index (χ2n) is 8.42. The molecular weight excluding hydrogens is 434 g/mol. The Bertz CT molecular complexity index is 1330. The highest BCUT2D eigenvalue weighted by atomic mass is 32.1. The Labute approximate surface area is 196 Å². The molecule has 168 valence electrons. The van der Waals surface area contributed by atoms with E-state index in [0.29, 0.717) is 16.7 Å². The fourth-order valence-electron chi connectivity index (χ4n) is 4.47. The van der Waals surface area contributed by atoms with Gasteiger partial charge < -0.3 is 14.8 Å². The fraction of sp³-hybridized carbons (Fsp3) is 0.231. The number of carbonyl (C=O) groups is 1. The van der Waals surface area contributed by atoms with E-state index in [4.69, 9.17) is 4.99 Å². The van der Waals surface area contributed by atoms with E-state index in [1.807, 2.05) is 29.0 Å². The summed E-state index contributed by atoms with van der Waals surface area (Å²) in [6, 6.07) is 15.1. The molecule has 1 aliphatic rings. The average molecular weight is 460 g/mol. The summed E-state index contributed by atoms with van der Waals surface area (Å²) >= 11 is 1.55. The number of fused-ring (bicyclic) bond motifs is 1. The summed E-state index contributed by atoms with van der Waals surface area (Å²) in [5.74, 6) is -0.947. The van der Waals surface area contributed by atoms with Crippen molar-refractivity contribution < 1.29 is 15.0 Å². The van der Waals surface area contributed by atoms with E-state index in [9.17, 15) is 15.0 Å². The number of aromatic hydroxyl groups is 1. The van der Waals surface area contributed by atoms with Gasteiger partial charge in [0.25, 0.3) is 0 Å². The lowest BCUT2D eigenvalue weighted by molar-refractivity contribution is 0.0697. The molecule has 0 saturated carbocycles. The first kappa shape index (κ1) is 21.4. The molecule has 2 N–H and O–H groups in total. The van der Waals surface area contributed by atoms with Gasteiger partial charge in [-0.2, -0.15) is 11.3 Å². The third-order valence-corrected chi connectivity index (χ3v) is 6.91. The molecule has 4 aromatic rings. The third kappa shape index (κ3) is 4.17. The lowest BCUT2D eigenvalue weighted by Gasteiger charge is -2.14. The molecule has 7 heteroatoms. The Kier molecular flexibility index (Phi) is 5.74. The summed E-state index contributed by atoms with van der Waals surface area (Å²) < 4.78 is 1.66. The van der Waals surface area contributed by atoms with Crippen molar-refractivity contribution in [2.75, 3.05) is 13.1 Å². The number of likely N-dealkylation sites (tertiary alicyclic amines) is 1. The van der Waals surface area contributed by atoms with Crippen LogP contribution >= 0.6 is 11.3 Å². The number of aryl methyl sites for hydroxylation is 1. The number of thiophene rings is 1. The van der Waals surface area contributed by atoms with E-state index >= 15 is 0 Å². The molecule has 5 rings (SSSR count). The summed E-state index contributed by atoms with van der Waals surface area (Å²) in [7, 11) is 1.76. The van der Waals surface area contributed by atoms with Crippen molar-refractivity contribution in [3.05, 3.63) is 81.5 Å². The van der Waals surface area contributed by atoms with Gasteiger partial charge in [-0.05, 0) is 73.3 Å². The van der Waals surface area contributed by atoms with Gasteiger partial charge in [0.15, 0.2) is 0 Å². The zero-order valence-electron chi connectivity index (χ0n) is 18.4. The van der Waals surface area contributed by atoms with Crippen LogP contribution in [0.4, 0.5) is 5.69 Å². The van der Waals surface area contributed by atoms with Crippen LogP contribution in [0.2, 0.25) is 0 Å². The first-order valence-electron chi connectivity index (χ1n) is 11.0. The van der Waals surface area contributed by atoms with Crippen LogP contribution in [-0.2, 0) is 13.6 Å². The quantitative estimate of drug-likeness (QED) is 0.378. The third-order valence-electron chi connectivity index (χ3n) is 6.23. The van der Waals surface area contributed by atoms with Gasteiger partial charge >= 0.3 is 5.97 Å². The van der Waals surface area contributed by atoms with Gasteiger partial charge in [-0.3, -0.25) is 4.90 Å². The molecule has 1 saturated heterocycles. The molecule has 2 aromatic heterocycles. The number of nitrogens with zero attached hydrogens (tertiary/aromatic N) is 3. The van der Waals surface area contributed by atoms with E-state index in [1.165, 1.54) is 18.4 Å². The van der Waals surface area contributed by atoms with E-state index in [0.717, 1.165) is 36.4 Å². The highest BCUT2D eigenvalue weighted by molar-refractivity contribution is 7.08. The molecule has 0 aliphatic carbocycles. The number of carboxylic acid groups (broad SMARTS) is 1. The first-order chi connectivity index (χ1) is 16.0. The highest BCUT2D eigenvalue weighted by Crippen LogP contribution is 2.35. The average Bonchev–Trinajstić information content (AvgIpc) is 3.57. The van der Waals surface area contributed by atoms with Crippen molar-refractivity contribution in [2.24, 2.45) is 12.0 Å². The van der Waals surface area contributed by atoms with Crippen molar-refractivity contribution in [3.63, 3.8) is 0 Å². The van der Waals surface area contributed by atoms with E-state index in [2.05, 4.69) is 17.0 Å². The number of carboxylic acids is 1. The van der Waals surface area contributed by atoms with Crippen molar-refractivity contribution in [1.82, 2.24) is 9.47 Å². The number of rotatable bonds is 6. The zero-order chi connectivity index (χ0) is 22.9. The smallest absolute Gasteiger partial charge is 0.335 e. The van der Waals surface area contributed by atoms with Gasteiger partial charge in [-0.15, -0.1) is 0 Å². The number of hydrogen-bond acceptors (Lipinski definition) is 5. The number of aromatic nitrogens is 1.